The largest absolute Gasteiger partial charge is 0.393 e. The predicted octanol–water partition coefficient (Wildman–Crippen LogP) is 3.03. The quantitative estimate of drug-likeness (QED) is 0.684. The van der Waals surface area contributed by atoms with Gasteiger partial charge in [0.05, 0.1) is 23.0 Å². The van der Waals surface area contributed by atoms with Crippen LogP contribution in [0, 0.1) is 33.5 Å². The summed E-state index contributed by atoms with van der Waals surface area (Å²) in [5, 5.41) is 10.7. The second-order valence-electron chi connectivity index (χ2n) is 11.5. The Bertz CT molecular complexity index is 901. The fraction of sp³-hybridized carbons (Fsp3) is 0.792. The Morgan fingerprint density at radius 3 is 2.45 bits per heavy atom. The molecule has 29 heavy (non-hydrogen) atoms. The van der Waals surface area contributed by atoms with E-state index in [1.54, 1.807) is 6.08 Å². The molecule has 1 spiro atoms. The van der Waals surface area contributed by atoms with Crippen molar-refractivity contribution in [2.45, 2.75) is 85.0 Å². The monoisotopic (exact) mass is 400 g/mol. The Hall–Kier alpha value is -1.33. The van der Waals surface area contributed by atoms with E-state index < -0.39 is 22.3 Å². The molecule has 5 aliphatic rings. The molecule has 5 rings (SSSR count). The minimum absolute atomic E-state index is 0.0150. The number of Topliss-reactive ketones (excluding diaryl/α,β-unsaturated/α-hetero) is 2. The number of epoxide rings is 1. The maximum absolute atomic E-state index is 13.6. The van der Waals surface area contributed by atoms with E-state index in [-0.39, 0.29) is 52.7 Å². The van der Waals surface area contributed by atoms with Crippen LogP contribution < -0.4 is 0 Å². The Kier molecular flexibility index (Phi) is 3.45. The summed E-state index contributed by atoms with van der Waals surface area (Å²) in [6.45, 7) is 11.6. The number of fused-ring (bicyclic) bond motifs is 3. The van der Waals surface area contributed by atoms with Crippen LogP contribution >= 0.6 is 0 Å². The Labute approximate surface area is 172 Å². The SMILES string of the molecule is CC(=O)C1CC(=O)C2(C)C1(C)C(=O)C=C1C3(C)CCC(O)C(C)(C)C3CC3OC132. The summed E-state index contributed by atoms with van der Waals surface area (Å²) in [5.41, 5.74) is -2.49. The third-order valence-electron chi connectivity index (χ3n) is 10.4. The smallest absolute Gasteiger partial charge is 0.163 e. The highest BCUT2D eigenvalue weighted by Crippen LogP contribution is 2.78. The van der Waals surface area contributed by atoms with Crippen molar-refractivity contribution in [3.63, 3.8) is 0 Å². The van der Waals surface area contributed by atoms with Crippen molar-refractivity contribution in [3.8, 4) is 0 Å². The molecule has 1 saturated heterocycles. The molecule has 5 nitrogen and oxygen atoms in total. The number of ketones is 3. The average Bonchev–Trinajstić information content (AvgIpc) is 3.32. The van der Waals surface area contributed by atoms with Crippen LogP contribution in [-0.2, 0) is 19.1 Å². The van der Waals surface area contributed by atoms with Crippen molar-refractivity contribution in [2.24, 2.45) is 33.5 Å². The lowest BCUT2D eigenvalue weighted by Gasteiger charge is -2.61. The zero-order valence-corrected chi connectivity index (χ0v) is 18.3. The average molecular weight is 401 g/mol. The highest BCUT2D eigenvalue weighted by molar-refractivity contribution is 6.11. The van der Waals surface area contributed by atoms with Crippen LogP contribution in [0.3, 0.4) is 0 Å². The number of hydrogen-bond donors (Lipinski definition) is 1. The number of hydrogen-bond acceptors (Lipinski definition) is 5. The van der Waals surface area contributed by atoms with Gasteiger partial charge in [-0.3, -0.25) is 14.4 Å². The number of allylic oxidation sites excluding steroid dienone is 1. The van der Waals surface area contributed by atoms with Crippen LogP contribution in [0.1, 0.15) is 67.2 Å². The molecule has 8 unspecified atom stereocenters. The Morgan fingerprint density at radius 2 is 1.83 bits per heavy atom. The van der Waals surface area contributed by atoms with E-state index in [1.807, 2.05) is 13.8 Å². The second kappa shape index (κ2) is 5.11. The van der Waals surface area contributed by atoms with Crippen molar-refractivity contribution in [3.05, 3.63) is 11.6 Å². The third-order valence-corrected chi connectivity index (χ3v) is 10.4. The summed E-state index contributed by atoms with van der Waals surface area (Å²) < 4.78 is 6.45. The highest BCUT2D eigenvalue weighted by atomic mass is 16.6. The van der Waals surface area contributed by atoms with E-state index >= 15 is 0 Å². The number of aliphatic hydroxyl groups excluding tert-OH is 1. The summed E-state index contributed by atoms with van der Waals surface area (Å²) in [6.07, 6.45) is 3.57. The first-order chi connectivity index (χ1) is 13.3. The van der Waals surface area contributed by atoms with Crippen LogP contribution in [-0.4, -0.2) is 40.3 Å². The van der Waals surface area contributed by atoms with Crippen LogP contribution in [0.5, 0.6) is 0 Å². The molecular formula is C24H32O5. The van der Waals surface area contributed by atoms with Crippen LogP contribution in [0.25, 0.3) is 0 Å². The van der Waals surface area contributed by atoms with Gasteiger partial charge in [-0.05, 0) is 61.5 Å². The fourth-order valence-electron chi connectivity index (χ4n) is 8.26. The van der Waals surface area contributed by atoms with E-state index in [0.717, 1.165) is 18.4 Å². The fourth-order valence-corrected chi connectivity index (χ4v) is 8.26. The minimum atomic E-state index is -1.05. The summed E-state index contributed by atoms with van der Waals surface area (Å²) in [4.78, 5) is 39.5. The van der Waals surface area contributed by atoms with Crippen LogP contribution in [0.2, 0.25) is 0 Å². The van der Waals surface area contributed by atoms with Gasteiger partial charge in [0.1, 0.15) is 17.2 Å². The second-order valence-corrected chi connectivity index (χ2v) is 11.5. The molecule has 0 amide bonds. The molecule has 3 saturated carbocycles. The van der Waals surface area contributed by atoms with Gasteiger partial charge in [-0.15, -0.1) is 0 Å². The van der Waals surface area contributed by atoms with Gasteiger partial charge in [-0.1, -0.05) is 27.7 Å². The summed E-state index contributed by atoms with van der Waals surface area (Å²) >= 11 is 0. The number of aliphatic hydroxyl groups is 1. The summed E-state index contributed by atoms with van der Waals surface area (Å²) in [6, 6.07) is 0. The van der Waals surface area contributed by atoms with Gasteiger partial charge >= 0.3 is 0 Å². The topological polar surface area (TPSA) is 84.0 Å². The molecule has 158 valence electrons. The minimum Gasteiger partial charge on any atom is -0.393 e. The molecule has 0 aromatic heterocycles. The zero-order valence-electron chi connectivity index (χ0n) is 18.3. The molecule has 1 aliphatic heterocycles. The first kappa shape index (κ1) is 19.6. The standard InChI is InChI=1S/C24H32O5/c1-12(25)13-9-18(28)23(6)22(13,5)17(27)10-15-21(4)8-7-16(26)20(2,3)14(21)11-19-24(15,23)29-19/h10,13-14,16,19,26H,7-9,11H2,1-6H3. The Balaban J connectivity index is 1.74. The molecule has 0 aromatic carbocycles. The first-order valence-corrected chi connectivity index (χ1v) is 11.0. The van der Waals surface area contributed by atoms with Gasteiger partial charge in [0, 0.05) is 12.3 Å². The molecule has 1 heterocycles. The lowest BCUT2D eigenvalue weighted by molar-refractivity contribution is -0.152. The van der Waals surface area contributed by atoms with Crippen molar-refractivity contribution >= 4 is 17.3 Å². The molecule has 5 heteroatoms. The molecule has 0 radical (unpaired) electrons. The van der Waals surface area contributed by atoms with Crippen LogP contribution in [0.4, 0.5) is 0 Å². The third kappa shape index (κ3) is 1.77. The summed E-state index contributed by atoms with van der Waals surface area (Å²) in [5.74, 6) is -0.623. The lowest BCUT2D eigenvalue weighted by Crippen LogP contribution is -2.65. The zero-order chi connectivity index (χ0) is 21.4. The molecule has 4 fully saturated rings. The maximum atomic E-state index is 13.6. The van der Waals surface area contributed by atoms with E-state index in [1.165, 1.54) is 6.92 Å². The predicted molar refractivity (Wildman–Crippen MR) is 106 cm³/mol. The van der Waals surface area contributed by atoms with Gasteiger partial charge in [0.15, 0.2) is 5.78 Å². The molecule has 0 aromatic rings. The number of ether oxygens (including phenoxy) is 1. The van der Waals surface area contributed by atoms with Crippen molar-refractivity contribution < 1.29 is 24.2 Å². The first-order valence-electron chi connectivity index (χ1n) is 11.0. The molecule has 4 aliphatic carbocycles. The Morgan fingerprint density at radius 1 is 1.17 bits per heavy atom. The van der Waals surface area contributed by atoms with Gasteiger partial charge in [0.25, 0.3) is 0 Å². The van der Waals surface area contributed by atoms with Gasteiger partial charge in [-0.25, -0.2) is 0 Å². The van der Waals surface area contributed by atoms with E-state index in [4.69, 9.17) is 4.74 Å². The molecular weight excluding hydrogens is 368 g/mol. The number of carbonyl (C=O) groups is 3. The van der Waals surface area contributed by atoms with E-state index in [0.29, 0.717) is 6.42 Å². The normalized spacial score (nSPS) is 54.7. The van der Waals surface area contributed by atoms with E-state index in [9.17, 15) is 19.5 Å². The number of rotatable bonds is 1. The van der Waals surface area contributed by atoms with Gasteiger partial charge < -0.3 is 9.84 Å². The summed E-state index contributed by atoms with van der Waals surface area (Å²) in [7, 11) is 0. The molecule has 0 bridgehead atoms. The molecule has 1 N–H and O–H groups in total. The van der Waals surface area contributed by atoms with Crippen molar-refractivity contribution in [2.75, 3.05) is 0 Å². The molecule has 8 atom stereocenters. The maximum Gasteiger partial charge on any atom is 0.163 e. The van der Waals surface area contributed by atoms with Gasteiger partial charge in [0.2, 0.25) is 0 Å². The van der Waals surface area contributed by atoms with Crippen LogP contribution in [0.15, 0.2) is 11.6 Å². The van der Waals surface area contributed by atoms with E-state index in [2.05, 4.69) is 20.8 Å². The van der Waals surface area contributed by atoms with Crippen molar-refractivity contribution in [1.29, 1.82) is 0 Å². The van der Waals surface area contributed by atoms with Gasteiger partial charge in [-0.2, -0.15) is 0 Å². The van der Waals surface area contributed by atoms with Crippen molar-refractivity contribution in [1.82, 2.24) is 0 Å². The highest BCUT2D eigenvalue weighted by Gasteiger charge is 2.86. The lowest BCUT2D eigenvalue weighted by atomic mass is 9.40. The number of carbonyl (C=O) groups excluding carboxylic acids is 3.